The van der Waals surface area contributed by atoms with E-state index in [4.69, 9.17) is 0 Å². The molecule has 2 aromatic heterocycles. The molecule has 1 aliphatic carbocycles. The lowest BCUT2D eigenvalue weighted by Gasteiger charge is -2.33. The maximum absolute atomic E-state index is 13.2. The van der Waals surface area contributed by atoms with Crippen LogP contribution in [0.1, 0.15) is 51.8 Å². The lowest BCUT2D eigenvalue weighted by atomic mass is 9.87. The van der Waals surface area contributed by atoms with Gasteiger partial charge in [0.05, 0.1) is 12.2 Å². The monoisotopic (exact) mass is 334 g/mol. The number of rotatable bonds is 2. The Balaban J connectivity index is 1.73. The minimum atomic E-state index is -0.0193. The number of aryl methyl sites for hydroxylation is 3. The standard InChI is InChI=1S/C20H22N4O/c1-13-11-14(2)24-19(22-13)17(12-21-24)20(25)23(3)18-10-6-8-15-7-4-5-9-16(15)18/h4-5,7,9,11-12,18H,6,8,10H2,1-3H3/t18-/m1/s1. The topological polar surface area (TPSA) is 50.5 Å². The summed E-state index contributed by atoms with van der Waals surface area (Å²) in [7, 11) is 1.89. The lowest BCUT2D eigenvalue weighted by molar-refractivity contribution is 0.0717. The fourth-order valence-electron chi connectivity index (χ4n) is 3.88. The predicted octanol–water partition coefficient (Wildman–Crippen LogP) is 3.50. The number of carbonyl (C=O) groups excluding carboxylic acids is 1. The molecule has 0 unspecified atom stereocenters. The fourth-order valence-corrected chi connectivity index (χ4v) is 3.88. The van der Waals surface area contributed by atoms with Gasteiger partial charge < -0.3 is 4.90 Å². The average molecular weight is 334 g/mol. The zero-order valence-electron chi connectivity index (χ0n) is 14.9. The number of nitrogens with zero attached hydrogens (tertiary/aromatic N) is 4. The van der Waals surface area contributed by atoms with Crippen LogP contribution in [-0.2, 0) is 6.42 Å². The molecule has 3 aromatic rings. The van der Waals surface area contributed by atoms with Crippen molar-refractivity contribution >= 4 is 11.6 Å². The van der Waals surface area contributed by atoms with Gasteiger partial charge in [-0.1, -0.05) is 24.3 Å². The van der Waals surface area contributed by atoms with E-state index in [0.29, 0.717) is 11.2 Å². The summed E-state index contributed by atoms with van der Waals surface area (Å²) in [6.07, 6.45) is 4.82. The minimum Gasteiger partial charge on any atom is -0.334 e. The van der Waals surface area contributed by atoms with Gasteiger partial charge in [0.25, 0.3) is 5.91 Å². The quantitative estimate of drug-likeness (QED) is 0.721. The van der Waals surface area contributed by atoms with Crippen LogP contribution in [0, 0.1) is 13.8 Å². The third-order valence-electron chi connectivity index (χ3n) is 5.13. The molecule has 0 fully saturated rings. The van der Waals surface area contributed by atoms with Gasteiger partial charge in [0.1, 0.15) is 5.56 Å². The van der Waals surface area contributed by atoms with Crippen LogP contribution in [-0.4, -0.2) is 32.5 Å². The number of amides is 1. The Labute approximate surface area is 147 Å². The van der Waals surface area contributed by atoms with Crippen molar-refractivity contribution < 1.29 is 4.79 Å². The van der Waals surface area contributed by atoms with Crippen molar-refractivity contribution in [3.63, 3.8) is 0 Å². The molecule has 5 heteroatoms. The highest BCUT2D eigenvalue weighted by Gasteiger charge is 2.29. The first-order valence-electron chi connectivity index (χ1n) is 8.73. The molecule has 25 heavy (non-hydrogen) atoms. The highest BCUT2D eigenvalue weighted by Crippen LogP contribution is 2.34. The third kappa shape index (κ3) is 2.60. The van der Waals surface area contributed by atoms with Gasteiger partial charge in [-0.15, -0.1) is 0 Å². The third-order valence-corrected chi connectivity index (χ3v) is 5.13. The van der Waals surface area contributed by atoms with E-state index in [0.717, 1.165) is 30.7 Å². The van der Waals surface area contributed by atoms with Gasteiger partial charge in [-0.25, -0.2) is 9.50 Å². The normalized spacial score (nSPS) is 16.7. The van der Waals surface area contributed by atoms with Crippen molar-refractivity contribution in [3.8, 4) is 0 Å². The zero-order chi connectivity index (χ0) is 17.6. The molecule has 0 radical (unpaired) electrons. The van der Waals surface area contributed by atoms with E-state index >= 15 is 0 Å². The maximum Gasteiger partial charge on any atom is 0.259 e. The van der Waals surface area contributed by atoms with Crippen LogP contribution in [0.2, 0.25) is 0 Å². The van der Waals surface area contributed by atoms with Crippen molar-refractivity contribution in [2.24, 2.45) is 0 Å². The largest absolute Gasteiger partial charge is 0.334 e. The maximum atomic E-state index is 13.2. The number of aromatic nitrogens is 3. The molecule has 4 rings (SSSR count). The molecule has 0 saturated heterocycles. The Morgan fingerprint density at radius 3 is 2.92 bits per heavy atom. The zero-order valence-corrected chi connectivity index (χ0v) is 14.9. The molecule has 2 heterocycles. The molecule has 1 amide bonds. The summed E-state index contributed by atoms with van der Waals surface area (Å²) >= 11 is 0. The summed E-state index contributed by atoms with van der Waals surface area (Å²) in [5.41, 5.74) is 5.69. The molecule has 0 bridgehead atoms. The average Bonchev–Trinajstić information content (AvgIpc) is 3.04. The van der Waals surface area contributed by atoms with E-state index in [9.17, 15) is 4.79 Å². The lowest BCUT2D eigenvalue weighted by Crippen LogP contribution is -2.33. The van der Waals surface area contributed by atoms with Crippen LogP contribution in [0.25, 0.3) is 5.65 Å². The number of hydrogen-bond acceptors (Lipinski definition) is 3. The summed E-state index contributed by atoms with van der Waals surface area (Å²) in [5, 5.41) is 4.36. The van der Waals surface area contributed by atoms with E-state index in [2.05, 4.69) is 34.3 Å². The Morgan fingerprint density at radius 2 is 2.08 bits per heavy atom. The summed E-state index contributed by atoms with van der Waals surface area (Å²) in [5.74, 6) is -0.0193. The van der Waals surface area contributed by atoms with Crippen LogP contribution in [0.15, 0.2) is 36.5 Å². The van der Waals surface area contributed by atoms with E-state index in [1.54, 1.807) is 10.7 Å². The van der Waals surface area contributed by atoms with Gasteiger partial charge in [-0.2, -0.15) is 5.10 Å². The van der Waals surface area contributed by atoms with Crippen molar-refractivity contribution in [1.82, 2.24) is 19.5 Å². The predicted molar refractivity (Wildman–Crippen MR) is 96.7 cm³/mol. The van der Waals surface area contributed by atoms with Gasteiger partial charge in [0.2, 0.25) is 0 Å². The van der Waals surface area contributed by atoms with Crippen molar-refractivity contribution in [3.05, 3.63) is 64.6 Å². The summed E-state index contributed by atoms with van der Waals surface area (Å²) in [4.78, 5) is 19.6. The Kier molecular flexibility index (Phi) is 3.79. The highest BCUT2D eigenvalue weighted by atomic mass is 16.2. The Hall–Kier alpha value is -2.69. The SMILES string of the molecule is Cc1cc(C)n2ncc(C(=O)N(C)[C@@H]3CCCc4ccccc43)c2n1. The van der Waals surface area contributed by atoms with Crippen LogP contribution >= 0.6 is 0 Å². The summed E-state index contributed by atoms with van der Waals surface area (Å²) in [6.45, 7) is 3.92. The molecule has 0 saturated carbocycles. The minimum absolute atomic E-state index is 0.0193. The molecule has 1 aliphatic rings. The molecule has 0 N–H and O–H groups in total. The molecule has 0 aliphatic heterocycles. The van der Waals surface area contributed by atoms with E-state index < -0.39 is 0 Å². The van der Waals surface area contributed by atoms with Crippen LogP contribution in [0.5, 0.6) is 0 Å². The summed E-state index contributed by atoms with van der Waals surface area (Å²) < 4.78 is 1.74. The molecule has 1 aromatic carbocycles. The molecule has 5 nitrogen and oxygen atoms in total. The van der Waals surface area contributed by atoms with Gasteiger partial charge >= 0.3 is 0 Å². The summed E-state index contributed by atoms with van der Waals surface area (Å²) in [6, 6.07) is 10.5. The highest BCUT2D eigenvalue weighted by molar-refractivity contribution is 5.99. The Bertz CT molecular complexity index is 959. The van der Waals surface area contributed by atoms with Crippen molar-refractivity contribution in [1.29, 1.82) is 0 Å². The van der Waals surface area contributed by atoms with Crippen molar-refractivity contribution in [2.75, 3.05) is 7.05 Å². The fraction of sp³-hybridized carbons (Fsp3) is 0.350. The second-order valence-electron chi connectivity index (χ2n) is 6.86. The van der Waals surface area contributed by atoms with Gasteiger partial charge in [0.15, 0.2) is 5.65 Å². The van der Waals surface area contributed by atoms with Gasteiger partial charge in [0, 0.05) is 18.4 Å². The van der Waals surface area contributed by atoms with Crippen LogP contribution in [0.3, 0.4) is 0 Å². The number of carbonyl (C=O) groups is 1. The first-order chi connectivity index (χ1) is 12.1. The van der Waals surface area contributed by atoms with E-state index in [1.165, 1.54) is 11.1 Å². The van der Waals surface area contributed by atoms with Gasteiger partial charge in [-0.3, -0.25) is 4.79 Å². The van der Waals surface area contributed by atoms with E-state index in [-0.39, 0.29) is 11.9 Å². The first kappa shape index (κ1) is 15.8. The molecular formula is C20H22N4O. The number of hydrogen-bond donors (Lipinski definition) is 0. The smallest absolute Gasteiger partial charge is 0.259 e. The van der Waals surface area contributed by atoms with Gasteiger partial charge in [-0.05, 0) is 50.3 Å². The van der Waals surface area contributed by atoms with Crippen molar-refractivity contribution in [2.45, 2.75) is 39.2 Å². The molecular weight excluding hydrogens is 312 g/mol. The second-order valence-corrected chi connectivity index (χ2v) is 6.86. The van der Waals surface area contributed by atoms with Crippen LogP contribution < -0.4 is 0 Å². The molecule has 1 atom stereocenters. The Morgan fingerprint density at radius 1 is 1.28 bits per heavy atom. The molecule has 0 spiro atoms. The first-order valence-corrected chi connectivity index (χ1v) is 8.73. The molecule has 128 valence electrons. The number of fused-ring (bicyclic) bond motifs is 2. The second kappa shape index (κ2) is 5.99. The van der Waals surface area contributed by atoms with Crippen LogP contribution in [0.4, 0.5) is 0 Å². The van der Waals surface area contributed by atoms with E-state index in [1.807, 2.05) is 31.9 Å². The number of benzene rings is 1.